The topological polar surface area (TPSA) is 37.3 Å². The maximum absolute atomic E-state index is 10.1. The predicted octanol–water partition coefficient (Wildman–Crippen LogP) is 2.29. The zero-order valence-electron chi connectivity index (χ0n) is 7.26. The molecule has 1 N–H and O–H groups in total. The Morgan fingerprint density at radius 1 is 1.45 bits per heavy atom. The van der Waals surface area contributed by atoms with Crippen LogP contribution in [0.25, 0.3) is 0 Å². The molecule has 0 aromatic rings. The maximum atomic E-state index is 10.1. The van der Waals surface area contributed by atoms with Gasteiger partial charge in [-0.05, 0) is 18.0 Å². The van der Waals surface area contributed by atoms with E-state index >= 15 is 0 Å². The molecule has 66 valence electrons. The molecule has 0 rings (SSSR count). The van der Waals surface area contributed by atoms with E-state index in [0.29, 0.717) is 6.42 Å². The molecule has 0 saturated carbocycles. The second-order valence-electron chi connectivity index (χ2n) is 3.59. The summed E-state index contributed by atoms with van der Waals surface area (Å²) in [7, 11) is 2.76. The first kappa shape index (κ1) is 10.9. The first-order valence-corrected chi connectivity index (χ1v) is 4.50. The number of carboxylic acid groups (broad SMARTS) is 1. The van der Waals surface area contributed by atoms with Crippen molar-refractivity contribution in [3.8, 4) is 0 Å². The van der Waals surface area contributed by atoms with Crippen molar-refractivity contribution in [3.05, 3.63) is 0 Å². The van der Waals surface area contributed by atoms with Crippen LogP contribution >= 0.6 is 9.24 Å². The third kappa shape index (κ3) is 9.90. The summed E-state index contributed by atoms with van der Waals surface area (Å²) in [6.07, 6.45) is 3.18. The second kappa shape index (κ2) is 4.71. The molecule has 0 bridgehead atoms. The highest BCUT2D eigenvalue weighted by atomic mass is 31.0. The number of rotatable bonds is 5. The lowest BCUT2D eigenvalue weighted by molar-refractivity contribution is -0.137. The van der Waals surface area contributed by atoms with Crippen LogP contribution in [-0.4, -0.2) is 16.2 Å². The van der Waals surface area contributed by atoms with Crippen molar-refractivity contribution in [1.82, 2.24) is 0 Å². The van der Waals surface area contributed by atoms with Crippen LogP contribution in [-0.2, 0) is 4.79 Å². The number of carboxylic acids is 1. The first-order chi connectivity index (χ1) is 4.92. The molecule has 0 amide bonds. The van der Waals surface area contributed by atoms with Gasteiger partial charge in [-0.15, -0.1) is 9.24 Å². The Labute approximate surface area is 70.6 Å². The quantitative estimate of drug-likeness (QED) is 0.515. The Morgan fingerprint density at radius 2 is 2.00 bits per heavy atom. The Bertz CT molecular complexity index is 127. The second-order valence-corrected chi connectivity index (χ2v) is 5.15. The van der Waals surface area contributed by atoms with Gasteiger partial charge in [0.1, 0.15) is 0 Å². The Balaban J connectivity index is 3.22. The van der Waals surface area contributed by atoms with E-state index in [1.807, 2.05) is 0 Å². The molecule has 0 aliphatic heterocycles. The van der Waals surface area contributed by atoms with Gasteiger partial charge in [0, 0.05) is 6.42 Å². The van der Waals surface area contributed by atoms with Crippen LogP contribution in [0.15, 0.2) is 0 Å². The minimum absolute atomic E-state index is 0.262. The Hall–Kier alpha value is -0.100. The SMILES string of the molecule is CC(C)(P)CCCCC(=O)O. The molecular formula is C8H17O2P. The summed E-state index contributed by atoms with van der Waals surface area (Å²) < 4.78 is 0. The molecule has 2 nitrogen and oxygen atoms in total. The van der Waals surface area contributed by atoms with Crippen molar-refractivity contribution in [1.29, 1.82) is 0 Å². The normalized spacial score (nSPS) is 11.5. The minimum atomic E-state index is -0.688. The van der Waals surface area contributed by atoms with Crippen LogP contribution in [0.4, 0.5) is 0 Å². The van der Waals surface area contributed by atoms with Crippen molar-refractivity contribution in [3.63, 3.8) is 0 Å². The van der Waals surface area contributed by atoms with E-state index in [0.717, 1.165) is 19.3 Å². The molecule has 0 heterocycles. The van der Waals surface area contributed by atoms with Crippen LogP contribution in [0.2, 0.25) is 0 Å². The Kier molecular flexibility index (Phi) is 4.67. The number of aliphatic carboxylic acids is 1. The van der Waals surface area contributed by atoms with Crippen LogP contribution < -0.4 is 0 Å². The van der Waals surface area contributed by atoms with Gasteiger partial charge in [0.05, 0.1) is 0 Å². The molecule has 0 saturated heterocycles. The molecule has 1 atom stereocenters. The van der Waals surface area contributed by atoms with Gasteiger partial charge in [-0.1, -0.05) is 20.3 Å². The van der Waals surface area contributed by atoms with Gasteiger partial charge in [0.2, 0.25) is 0 Å². The summed E-state index contributed by atoms with van der Waals surface area (Å²) in [5.41, 5.74) is 0. The zero-order chi connectivity index (χ0) is 8.91. The molecule has 1 unspecified atom stereocenters. The molecule has 0 aromatic carbocycles. The van der Waals surface area contributed by atoms with Gasteiger partial charge in [-0.3, -0.25) is 4.79 Å². The molecule has 11 heavy (non-hydrogen) atoms. The maximum Gasteiger partial charge on any atom is 0.303 e. The molecule has 0 aliphatic rings. The van der Waals surface area contributed by atoms with Crippen molar-refractivity contribution in [2.75, 3.05) is 0 Å². The summed E-state index contributed by atoms with van der Waals surface area (Å²) in [6.45, 7) is 4.27. The van der Waals surface area contributed by atoms with Crippen LogP contribution in [0.1, 0.15) is 39.5 Å². The Morgan fingerprint density at radius 3 is 2.36 bits per heavy atom. The number of unbranched alkanes of at least 4 members (excludes halogenated alkanes) is 1. The standard InChI is InChI=1S/C8H17O2P/c1-8(2,11)6-4-3-5-7(9)10/h3-6,11H2,1-2H3,(H,9,10). The highest BCUT2D eigenvalue weighted by Gasteiger charge is 2.09. The van der Waals surface area contributed by atoms with Crippen LogP contribution in [0, 0.1) is 0 Å². The van der Waals surface area contributed by atoms with Crippen molar-refractivity contribution >= 4 is 15.2 Å². The van der Waals surface area contributed by atoms with Crippen LogP contribution in [0.5, 0.6) is 0 Å². The fourth-order valence-corrected chi connectivity index (χ4v) is 1.06. The molecule has 0 aromatic heterocycles. The van der Waals surface area contributed by atoms with Gasteiger partial charge >= 0.3 is 5.97 Å². The summed E-state index contributed by atoms with van der Waals surface area (Å²) in [4.78, 5) is 10.1. The van der Waals surface area contributed by atoms with Gasteiger partial charge in [-0.25, -0.2) is 0 Å². The van der Waals surface area contributed by atoms with E-state index in [2.05, 4.69) is 23.1 Å². The summed E-state index contributed by atoms with van der Waals surface area (Å²) in [5.74, 6) is -0.688. The summed E-state index contributed by atoms with van der Waals surface area (Å²) in [5, 5.41) is 8.60. The minimum Gasteiger partial charge on any atom is -0.481 e. The van der Waals surface area contributed by atoms with E-state index in [1.165, 1.54) is 0 Å². The lowest BCUT2D eigenvalue weighted by Gasteiger charge is -2.16. The van der Waals surface area contributed by atoms with E-state index in [9.17, 15) is 4.79 Å². The fraction of sp³-hybridized carbons (Fsp3) is 0.875. The van der Waals surface area contributed by atoms with E-state index in [-0.39, 0.29) is 5.16 Å². The van der Waals surface area contributed by atoms with E-state index < -0.39 is 5.97 Å². The van der Waals surface area contributed by atoms with Crippen molar-refractivity contribution in [2.24, 2.45) is 0 Å². The fourth-order valence-electron chi connectivity index (χ4n) is 0.857. The third-order valence-corrected chi connectivity index (χ3v) is 1.75. The first-order valence-electron chi connectivity index (χ1n) is 3.92. The summed E-state index contributed by atoms with van der Waals surface area (Å²) in [6, 6.07) is 0. The van der Waals surface area contributed by atoms with E-state index in [4.69, 9.17) is 5.11 Å². The number of hydrogen-bond acceptors (Lipinski definition) is 1. The van der Waals surface area contributed by atoms with Gasteiger partial charge < -0.3 is 5.11 Å². The monoisotopic (exact) mass is 176 g/mol. The molecule has 0 fully saturated rings. The number of carbonyl (C=O) groups is 1. The average Bonchev–Trinajstić information content (AvgIpc) is 1.78. The molecule has 3 heteroatoms. The van der Waals surface area contributed by atoms with Gasteiger partial charge in [-0.2, -0.15) is 0 Å². The third-order valence-electron chi connectivity index (χ3n) is 1.46. The smallest absolute Gasteiger partial charge is 0.303 e. The lowest BCUT2D eigenvalue weighted by Crippen LogP contribution is -2.08. The van der Waals surface area contributed by atoms with Gasteiger partial charge in [0.25, 0.3) is 0 Å². The molecular weight excluding hydrogens is 159 g/mol. The predicted molar refractivity (Wildman–Crippen MR) is 49.9 cm³/mol. The molecule has 0 aliphatic carbocycles. The highest BCUT2D eigenvalue weighted by molar-refractivity contribution is 7.18. The largest absolute Gasteiger partial charge is 0.481 e. The van der Waals surface area contributed by atoms with E-state index in [1.54, 1.807) is 0 Å². The van der Waals surface area contributed by atoms with Crippen molar-refractivity contribution in [2.45, 2.75) is 44.7 Å². The highest BCUT2D eigenvalue weighted by Crippen LogP contribution is 2.23. The zero-order valence-corrected chi connectivity index (χ0v) is 8.42. The average molecular weight is 176 g/mol. The summed E-state index contributed by atoms with van der Waals surface area (Å²) >= 11 is 0. The van der Waals surface area contributed by atoms with Crippen molar-refractivity contribution < 1.29 is 9.90 Å². The number of hydrogen-bond donors (Lipinski definition) is 1. The lowest BCUT2D eigenvalue weighted by atomic mass is 10.0. The molecule has 0 radical (unpaired) electrons. The van der Waals surface area contributed by atoms with Crippen LogP contribution in [0.3, 0.4) is 0 Å². The molecule has 0 spiro atoms. The van der Waals surface area contributed by atoms with Gasteiger partial charge in [0.15, 0.2) is 0 Å².